The van der Waals surface area contributed by atoms with Gasteiger partial charge in [-0.15, -0.1) is 0 Å². The molecule has 0 fully saturated rings. The molecule has 2 N–H and O–H groups in total. The Hall–Kier alpha value is -0.480. The summed E-state index contributed by atoms with van der Waals surface area (Å²) in [7, 11) is 0. The van der Waals surface area contributed by atoms with E-state index < -0.39 is 12.3 Å². The summed E-state index contributed by atoms with van der Waals surface area (Å²) >= 11 is 0. The fraction of sp³-hybridized carbons (Fsp3) is 0.818. The van der Waals surface area contributed by atoms with Gasteiger partial charge in [-0.2, -0.15) is 0 Å². The van der Waals surface area contributed by atoms with Crippen LogP contribution in [0.3, 0.4) is 0 Å². The second kappa shape index (κ2) is 5.56. The summed E-state index contributed by atoms with van der Waals surface area (Å²) in [5.74, 6) is -0.855. The predicted molar refractivity (Wildman–Crippen MR) is 55.8 cm³/mol. The van der Waals surface area contributed by atoms with Crippen LogP contribution in [0.2, 0.25) is 0 Å². The topological polar surface area (TPSA) is 35.2 Å². The standard InChI is InChI=1S/C11H19F2NO/c1-7(10(6-14)11(12)13)9-4-3-5-15-8(9)2/h3-4,7-11H,5-6,14H2,1-2H3/t7?,8?,9-,10?/m0/s1. The number of rotatable bonds is 4. The summed E-state index contributed by atoms with van der Waals surface area (Å²) in [6.07, 6.45) is 1.51. The highest BCUT2D eigenvalue weighted by atomic mass is 19.3. The molecule has 0 bridgehead atoms. The lowest BCUT2D eigenvalue weighted by atomic mass is 9.79. The van der Waals surface area contributed by atoms with Crippen molar-refractivity contribution < 1.29 is 13.5 Å². The zero-order valence-corrected chi connectivity index (χ0v) is 9.20. The lowest BCUT2D eigenvalue weighted by Gasteiger charge is -2.33. The molecule has 0 aromatic carbocycles. The molecule has 1 rings (SSSR count). The smallest absolute Gasteiger partial charge is 0.242 e. The summed E-state index contributed by atoms with van der Waals surface area (Å²) in [5, 5.41) is 0. The fourth-order valence-electron chi connectivity index (χ4n) is 2.12. The zero-order chi connectivity index (χ0) is 11.4. The number of halogens is 2. The third kappa shape index (κ3) is 2.98. The molecule has 1 heterocycles. The van der Waals surface area contributed by atoms with E-state index in [0.717, 1.165) is 0 Å². The van der Waals surface area contributed by atoms with Crippen molar-refractivity contribution in [3.8, 4) is 0 Å². The van der Waals surface area contributed by atoms with Crippen LogP contribution in [0, 0.1) is 17.8 Å². The lowest BCUT2D eigenvalue weighted by Crippen LogP contribution is -2.37. The van der Waals surface area contributed by atoms with Gasteiger partial charge >= 0.3 is 0 Å². The van der Waals surface area contributed by atoms with Crippen molar-refractivity contribution in [1.29, 1.82) is 0 Å². The summed E-state index contributed by atoms with van der Waals surface area (Å²) < 4.78 is 30.8. The van der Waals surface area contributed by atoms with Gasteiger partial charge in [-0.1, -0.05) is 19.1 Å². The molecule has 4 heteroatoms. The lowest BCUT2D eigenvalue weighted by molar-refractivity contribution is -0.0128. The van der Waals surface area contributed by atoms with E-state index in [9.17, 15) is 8.78 Å². The predicted octanol–water partition coefficient (Wildman–Crippen LogP) is 2.05. The molecule has 0 aromatic rings. The van der Waals surface area contributed by atoms with Crippen LogP contribution in [0.4, 0.5) is 8.78 Å². The highest BCUT2D eigenvalue weighted by Crippen LogP contribution is 2.31. The molecular weight excluding hydrogens is 200 g/mol. The van der Waals surface area contributed by atoms with Gasteiger partial charge < -0.3 is 10.5 Å². The molecule has 4 atom stereocenters. The van der Waals surface area contributed by atoms with Gasteiger partial charge in [0.1, 0.15) is 0 Å². The largest absolute Gasteiger partial charge is 0.374 e. The van der Waals surface area contributed by atoms with Gasteiger partial charge in [0.15, 0.2) is 0 Å². The minimum Gasteiger partial charge on any atom is -0.374 e. The van der Waals surface area contributed by atoms with E-state index in [0.29, 0.717) is 6.61 Å². The van der Waals surface area contributed by atoms with E-state index in [2.05, 4.69) is 0 Å². The number of nitrogens with two attached hydrogens (primary N) is 1. The van der Waals surface area contributed by atoms with Crippen molar-refractivity contribution in [3.63, 3.8) is 0 Å². The van der Waals surface area contributed by atoms with Crippen LogP contribution >= 0.6 is 0 Å². The molecular formula is C11H19F2NO. The molecule has 1 aliphatic rings. The van der Waals surface area contributed by atoms with Crippen molar-refractivity contribution in [1.82, 2.24) is 0 Å². The van der Waals surface area contributed by atoms with Crippen LogP contribution in [-0.4, -0.2) is 25.7 Å². The van der Waals surface area contributed by atoms with Crippen LogP contribution in [-0.2, 0) is 4.74 Å². The van der Waals surface area contributed by atoms with Crippen LogP contribution in [0.5, 0.6) is 0 Å². The maximum atomic E-state index is 12.7. The molecule has 0 aromatic heterocycles. The monoisotopic (exact) mass is 219 g/mol. The van der Waals surface area contributed by atoms with Gasteiger partial charge in [0, 0.05) is 18.4 Å². The maximum Gasteiger partial charge on any atom is 0.242 e. The summed E-state index contributed by atoms with van der Waals surface area (Å²) in [5.41, 5.74) is 5.38. The van der Waals surface area contributed by atoms with Crippen LogP contribution in [0.15, 0.2) is 12.2 Å². The Morgan fingerprint density at radius 2 is 2.20 bits per heavy atom. The van der Waals surface area contributed by atoms with Crippen molar-refractivity contribution in [3.05, 3.63) is 12.2 Å². The molecule has 0 radical (unpaired) electrons. The van der Waals surface area contributed by atoms with E-state index >= 15 is 0 Å². The van der Waals surface area contributed by atoms with E-state index in [1.54, 1.807) is 0 Å². The Balaban J connectivity index is 2.68. The van der Waals surface area contributed by atoms with Gasteiger partial charge in [-0.3, -0.25) is 0 Å². The maximum absolute atomic E-state index is 12.7. The average Bonchev–Trinajstić information content (AvgIpc) is 2.18. The number of alkyl halides is 2. The first kappa shape index (κ1) is 12.6. The Morgan fingerprint density at radius 1 is 1.53 bits per heavy atom. The summed E-state index contributed by atoms with van der Waals surface area (Å²) in [6, 6.07) is 0. The summed E-state index contributed by atoms with van der Waals surface area (Å²) in [6.45, 7) is 4.34. The molecule has 0 amide bonds. The Bertz CT molecular complexity index is 221. The molecule has 2 nitrogen and oxygen atoms in total. The van der Waals surface area contributed by atoms with Crippen LogP contribution in [0.1, 0.15) is 13.8 Å². The SMILES string of the molecule is CC1OCC=C[C@H]1C(C)C(CN)C(F)F. The Kier molecular flexibility index (Phi) is 4.67. The third-order valence-corrected chi connectivity index (χ3v) is 3.23. The Labute approximate surface area is 89.5 Å². The van der Waals surface area contributed by atoms with Crippen molar-refractivity contribution in [2.45, 2.75) is 26.4 Å². The first-order chi connectivity index (χ1) is 7.07. The van der Waals surface area contributed by atoms with Crippen LogP contribution < -0.4 is 5.73 Å². The van der Waals surface area contributed by atoms with Crippen LogP contribution in [0.25, 0.3) is 0 Å². The van der Waals surface area contributed by atoms with Gasteiger partial charge in [-0.25, -0.2) is 8.78 Å². The average molecular weight is 219 g/mol. The quantitative estimate of drug-likeness (QED) is 0.734. The molecule has 0 spiro atoms. The first-order valence-electron chi connectivity index (χ1n) is 5.34. The second-order valence-electron chi connectivity index (χ2n) is 4.14. The van der Waals surface area contributed by atoms with E-state index in [1.165, 1.54) is 0 Å². The van der Waals surface area contributed by atoms with Crippen molar-refractivity contribution in [2.24, 2.45) is 23.5 Å². The number of hydrogen-bond donors (Lipinski definition) is 1. The van der Waals surface area contributed by atoms with Gasteiger partial charge in [0.25, 0.3) is 0 Å². The molecule has 0 aliphatic carbocycles. The van der Waals surface area contributed by atoms with Crippen molar-refractivity contribution in [2.75, 3.05) is 13.2 Å². The zero-order valence-electron chi connectivity index (χ0n) is 9.20. The second-order valence-corrected chi connectivity index (χ2v) is 4.14. The van der Waals surface area contributed by atoms with Crippen molar-refractivity contribution >= 4 is 0 Å². The molecule has 3 unspecified atom stereocenters. The fourth-order valence-corrected chi connectivity index (χ4v) is 2.12. The highest BCUT2D eigenvalue weighted by Gasteiger charge is 2.33. The van der Waals surface area contributed by atoms with E-state index in [-0.39, 0.29) is 24.5 Å². The third-order valence-electron chi connectivity index (χ3n) is 3.23. The van der Waals surface area contributed by atoms with Gasteiger partial charge in [0.05, 0.1) is 12.7 Å². The number of hydrogen-bond acceptors (Lipinski definition) is 2. The minimum atomic E-state index is -2.35. The highest BCUT2D eigenvalue weighted by molar-refractivity contribution is 4.99. The van der Waals surface area contributed by atoms with Gasteiger partial charge in [0.2, 0.25) is 6.43 Å². The van der Waals surface area contributed by atoms with E-state index in [4.69, 9.17) is 10.5 Å². The molecule has 1 aliphatic heterocycles. The molecule has 15 heavy (non-hydrogen) atoms. The summed E-state index contributed by atoms with van der Waals surface area (Å²) in [4.78, 5) is 0. The molecule has 0 saturated carbocycles. The number of ether oxygens (including phenoxy) is 1. The first-order valence-corrected chi connectivity index (χ1v) is 5.34. The normalized spacial score (nSPS) is 30.5. The molecule has 0 saturated heterocycles. The molecule has 88 valence electrons. The van der Waals surface area contributed by atoms with Gasteiger partial charge in [-0.05, 0) is 12.8 Å². The van der Waals surface area contributed by atoms with E-state index in [1.807, 2.05) is 26.0 Å². The Morgan fingerprint density at radius 3 is 2.67 bits per heavy atom. The minimum absolute atomic E-state index is 0.00204.